The minimum Gasteiger partial charge on any atom is -0.396 e. The van der Waals surface area contributed by atoms with Crippen molar-refractivity contribution in [2.75, 3.05) is 12.3 Å². The standard InChI is InChI=1S/C13H18F2N2O2S/c1-8(2)12-4-3-5-17(12)20(18,19)13-7-11(16)9(14)6-10(13)15/h6-8,12H,3-5,16H2,1-2H3. The van der Waals surface area contributed by atoms with Crippen LogP contribution < -0.4 is 5.73 Å². The van der Waals surface area contributed by atoms with Crippen LogP contribution in [0.5, 0.6) is 0 Å². The monoisotopic (exact) mass is 304 g/mol. The number of hydrogen-bond acceptors (Lipinski definition) is 3. The molecule has 7 heteroatoms. The maximum Gasteiger partial charge on any atom is 0.246 e. The maximum absolute atomic E-state index is 13.8. The van der Waals surface area contributed by atoms with E-state index in [1.54, 1.807) is 0 Å². The largest absolute Gasteiger partial charge is 0.396 e. The predicted octanol–water partition coefficient (Wildman–Crippen LogP) is 2.36. The molecule has 0 radical (unpaired) electrons. The molecule has 0 saturated carbocycles. The summed E-state index contributed by atoms with van der Waals surface area (Å²) >= 11 is 0. The molecule has 1 aliphatic heterocycles. The Bertz CT molecular complexity index is 617. The highest BCUT2D eigenvalue weighted by Gasteiger charge is 2.38. The van der Waals surface area contributed by atoms with Gasteiger partial charge in [-0.25, -0.2) is 17.2 Å². The van der Waals surface area contributed by atoms with Gasteiger partial charge in [-0.3, -0.25) is 0 Å². The van der Waals surface area contributed by atoms with E-state index in [1.807, 2.05) is 13.8 Å². The van der Waals surface area contributed by atoms with Crippen LogP contribution in [0.4, 0.5) is 14.5 Å². The lowest BCUT2D eigenvalue weighted by Gasteiger charge is -2.27. The molecule has 2 N–H and O–H groups in total. The maximum atomic E-state index is 13.8. The summed E-state index contributed by atoms with van der Waals surface area (Å²) < 4.78 is 53.3. The Labute approximate surface area is 117 Å². The Kier molecular flexibility index (Phi) is 4.02. The van der Waals surface area contributed by atoms with Crippen LogP contribution in [-0.4, -0.2) is 25.3 Å². The molecule has 0 spiro atoms. The van der Waals surface area contributed by atoms with Crippen LogP contribution in [0.2, 0.25) is 0 Å². The van der Waals surface area contributed by atoms with Gasteiger partial charge in [0.05, 0.1) is 5.69 Å². The first kappa shape index (κ1) is 15.2. The number of nitrogen functional groups attached to an aromatic ring is 1. The Morgan fingerprint density at radius 2 is 1.95 bits per heavy atom. The van der Waals surface area contributed by atoms with Crippen LogP contribution in [0.3, 0.4) is 0 Å². The average molecular weight is 304 g/mol. The lowest BCUT2D eigenvalue weighted by Crippen LogP contribution is -2.38. The second-order valence-electron chi connectivity index (χ2n) is 5.37. The number of nitrogens with two attached hydrogens (primary N) is 1. The SMILES string of the molecule is CC(C)C1CCCN1S(=O)(=O)c1cc(N)c(F)cc1F. The van der Waals surface area contributed by atoms with E-state index in [-0.39, 0.29) is 17.6 Å². The summed E-state index contributed by atoms with van der Waals surface area (Å²) in [4.78, 5) is -0.552. The highest BCUT2D eigenvalue weighted by molar-refractivity contribution is 7.89. The summed E-state index contributed by atoms with van der Waals surface area (Å²) in [5.41, 5.74) is 4.98. The second kappa shape index (κ2) is 5.29. The van der Waals surface area contributed by atoms with Crippen molar-refractivity contribution in [3.8, 4) is 0 Å². The van der Waals surface area contributed by atoms with Gasteiger partial charge in [-0.05, 0) is 24.8 Å². The van der Waals surface area contributed by atoms with Crippen molar-refractivity contribution in [1.82, 2.24) is 4.31 Å². The molecule has 4 nitrogen and oxygen atoms in total. The molecule has 2 rings (SSSR count). The normalized spacial score (nSPS) is 20.8. The molecule has 0 bridgehead atoms. The van der Waals surface area contributed by atoms with Crippen molar-refractivity contribution < 1.29 is 17.2 Å². The van der Waals surface area contributed by atoms with E-state index in [2.05, 4.69) is 0 Å². The fourth-order valence-corrected chi connectivity index (χ4v) is 4.51. The second-order valence-corrected chi connectivity index (χ2v) is 7.23. The van der Waals surface area contributed by atoms with E-state index in [1.165, 1.54) is 4.31 Å². The first-order valence-corrected chi connectivity index (χ1v) is 7.95. The number of halogens is 2. The molecular formula is C13H18F2N2O2S. The summed E-state index contributed by atoms with van der Waals surface area (Å²) in [7, 11) is -3.99. The van der Waals surface area contributed by atoms with Gasteiger partial charge in [0.15, 0.2) is 0 Å². The Morgan fingerprint density at radius 1 is 1.30 bits per heavy atom. The first-order chi connectivity index (χ1) is 9.25. The van der Waals surface area contributed by atoms with Crippen LogP contribution in [0.25, 0.3) is 0 Å². The van der Waals surface area contributed by atoms with Gasteiger partial charge in [0.2, 0.25) is 10.0 Å². The number of rotatable bonds is 3. The zero-order valence-corrected chi connectivity index (χ0v) is 12.3. The summed E-state index contributed by atoms with van der Waals surface area (Å²) in [6.45, 7) is 4.20. The molecular weight excluding hydrogens is 286 g/mol. The van der Waals surface area contributed by atoms with Gasteiger partial charge in [0.1, 0.15) is 16.5 Å². The van der Waals surface area contributed by atoms with Crippen molar-refractivity contribution in [2.45, 2.75) is 37.6 Å². The molecule has 1 aromatic carbocycles. The minimum atomic E-state index is -3.99. The summed E-state index contributed by atoms with van der Waals surface area (Å²) in [6.07, 6.45) is 1.48. The first-order valence-electron chi connectivity index (χ1n) is 6.51. The van der Waals surface area contributed by atoms with Gasteiger partial charge in [0, 0.05) is 18.7 Å². The smallest absolute Gasteiger partial charge is 0.246 e. The highest BCUT2D eigenvalue weighted by atomic mass is 32.2. The zero-order chi connectivity index (χ0) is 15.1. The molecule has 1 aromatic rings. The highest BCUT2D eigenvalue weighted by Crippen LogP contribution is 2.32. The van der Waals surface area contributed by atoms with E-state index in [0.29, 0.717) is 12.6 Å². The van der Waals surface area contributed by atoms with Gasteiger partial charge in [-0.15, -0.1) is 0 Å². The quantitative estimate of drug-likeness (QED) is 0.872. The van der Waals surface area contributed by atoms with Crippen molar-refractivity contribution in [3.63, 3.8) is 0 Å². The van der Waals surface area contributed by atoms with Crippen LogP contribution in [-0.2, 0) is 10.0 Å². The Morgan fingerprint density at radius 3 is 2.55 bits per heavy atom. The number of nitrogens with zero attached hydrogens (tertiary/aromatic N) is 1. The molecule has 0 amide bonds. The van der Waals surface area contributed by atoms with Crippen LogP contribution >= 0.6 is 0 Å². The van der Waals surface area contributed by atoms with E-state index < -0.39 is 26.6 Å². The molecule has 0 aromatic heterocycles. The fourth-order valence-electron chi connectivity index (χ4n) is 2.60. The van der Waals surface area contributed by atoms with Crippen molar-refractivity contribution in [2.24, 2.45) is 5.92 Å². The number of sulfonamides is 1. The summed E-state index contributed by atoms with van der Waals surface area (Å²) in [5.74, 6) is -1.93. The Balaban J connectivity index is 2.48. The predicted molar refractivity (Wildman–Crippen MR) is 72.5 cm³/mol. The molecule has 1 unspecified atom stereocenters. The topological polar surface area (TPSA) is 63.4 Å². The van der Waals surface area contributed by atoms with E-state index >= 15 is 0 Å². The van der Waals surface area contributed by atoms with Crippen molar-refractivity contribution in [3.05, 3.63) is 23.8 Å². The van der Waals surface area contributed by atoms with Crippen molar-refractivity contribution in [1.29, 1.82) is 0 Å². The lowest BCUT2D eigenvalue weighted by molar-refractivity contribution is 0.314. The van der Waals surface area contributed by atoms with Gasteiger partial charge in [0.25, 0.3) is 0 Å². The van der Waals surface area contributed by atoms with Crippen LogP contribution in [0.1, 0.15) is 26.7 Å². The third-order valence-corrected chi connectivity index (χ3v) is 5.60. The average Bonchev–Trinajstić information content (AvgIpc) is 2.83. The molecule has 1 atom stereocenters. The Hall–Kier alpha value is -1.21. The summed E-state index contributed by atoms with van der Waals surface area (Å²) in [5, 5.41) is 0. The lowest BCUT2D eigenvalue weighted by atomic mass is 10.0. The van der Waals surface area contributed by atoms with Gasteiger partial charge in [-0.1, -0.05) is 13.8 Å². The number of anilines is 1. The minimum absolute atomic E-state index is 0.133. The van der Waals surface area contributed by atoms with E-state index in [0.717, 1.165) is 18.9 Å². The fraction of sp³-hybridized carbons (Fsp3) is 0.538. The molecule has 1 heterocycles. The third kappa shape index (κ3) is 2.52. The molecule has 0 aliphatic carbocycles. The number of benzene rings is 1. The molecule has 20 heavy (non-hydrogen) atoms. The number of hydrogen-bond donors (Lipinski definition) is 1. The van der Waals surface area contributed by atoms with Gasteiger partial charge >= 0.3 is 0 Å². The zero-order valence-electron chi connectivity index (χ0n) is 11.4. The van der Waals surface area contributed by atoms with Gasteiger partial charge in [-0.2, -0.15) is 4.31 Å². The van der Waals surface area contributed by atoms with Crippen LogP contribution in [0.15, 0.2) is 17.0 Å². The molecule has 1 aliphatic rings. The van der Waals surface area contributed by atoms with E-state index in [4.69, 9.17) is 5.73 Å². The third-order valence-electron chi connectivity index (χ3n) is 3.66. The van der Waals surface area contributed by atoms with Crippen molar-refractivity contribution >= 4 is 15.7 Å². The van der Waals surface area contributed by atoms with Gasteiger partial charge < -0.3 is 5.73 Å². The molecule has 1 fully saturated rings. The van der Waals surface area contributed by atoms with Crippen LogP contribution in [0, 0.1) is 17.6 Å². The van der Waals surface area contributed by atoms with E-state index in [9.17, 15) is 17.2 Å². The molecule has 112 valence electrons. The molecule has 1 saturated heterocycles. The summed E-state index contributed by atoms with van der Waals surface area (Å²) in [6, 6.07) is 1.21.